The van der Waals surface area contributed by atoms with Crippen molar-refractivity contribution in [2.45, 2.75) is 13.8 Å². The van der Waals surface area contributed by atoms with E-state index in [0.29, 0.717) is 16.4 Å². The molecule has 2 heterocycles. The van der Waals surface area contributed by atoms with E-state index in [9.17, 15) is 4.79 Å². The van der Waals surface area contributed by atoms with E-state index in [-0.39, 0.29) is 5.78 Å². The smallest absolute Gasteiger partial charge is 0.159 e. The minimum absolute atomic E-state index is 0.00127. The summed E-state index contributed by atoms with van der Waals surface area (Å²) in [4.78, 5) is 15.4. The number of pyridine rings is 1. The van der Waals surface area contributed by atoms with E-state index in [2.05, 4.69) is 10.1 Å². The van der Waals surface area contributed by atoms with Crippen LogP contribution in [0.5, 0.6) is 0 Å². The molecule has 0 saturated carbocycles. The van der Waals surface area contributed by atoms with Crippen LogP contribution in [0.3, 0.4) is 0 Å². The normalized spacial score (nSPS) is 10.4. The zero-order chi connectivity index (χ0) is 11.7. The molecule has 0 fully saturated rings. The summed E-state index contributed by atoms with van der Waals surface area (Å²) in [5.41, 5.74) is 1.34. The second-order valence-electron chi connectivity index (χ2n) is 3.47. The molecule has 2 aromatic heterocycles. The summed E-state index contributed by atoms with van der Waals surface area (Å²) >= 11 is 5.90. The fourth-order valence-electron chi connectivity index (χ4n) is 1.32. The second-order valence-corrected chi connectivity index (χ2v) is 3.87. The first-order valence-electron chi connectivity index (χ1n) is 4.77. The number of carbonyl (C=O) groups excluding carboxylic acids is 1. The summed E-state index contributed by atoms with van der Waals surface area (Å²) in [5.74, 6) is 0.585. The monoisotopic (exact) mass is 235 g/mol. The van der Waals surface area contributed by atoms with E-state index in [0.717, 1.165) is 5.69 Å². The van der Waals surface area contributed by atoms with E-state index in [1.54, 1.807) is 29.2 Å². The van der Waals surface area contributed by atoms with Crippen LogP contribution in [0.25, 0.3) is 5.82 Å². The average molecular weight is 236 g/mol. The number of Topliss-reactive ketones (excluding diaryl/α,β-unsaturated/α-hetero) is 1. The molecule has 0 radical (unpaired) electrons. The van der Waals surface area contributed by atoms with Gasteiger partial charge in [-0.05, 0) is 26.0 Å². The Kier molecular flexibility index (Phi) is 2.75. The number of ketones is 1. The Morgan fingerprint density at radius 1 is 1.50 bits per heavy atom. The number of nitrogens with zero attached hydrogens (tertiary/aromatic N) is 3. The van der Waals surface area contributed by atoms with Crippen molar-refractivity contribution in [2.24, 2.45) is 0 Å². The molecule has 2 rings (SSSR count). The highest BCUT2D eigenvalue weighted by molar-refractivity contribution is 6.31. The molecular weight excluding hydrogens is 226 g/mol. The maximum atomic E-state index is 11.2. The van der Waals surface area contributed by atoms with Crippen molar-refractivity contribution >= 4 is 17.4 Å². The van der Waals surface area contributed by atoms with Crippen LogP contribution in [0, 0.1) is 6.92 Å². The van der Waals surface area contributed by atoms with Gasteiger partial charge in [-0.15, -0.1) is 0 Å². The quantitative estimate of drug-likeness (QED) is 0.751. The van der Waals surface area contributed by atoms with E-state index in [1.807, 2.05) is 6.92 Å². The lowest BCUT2D eigenvalue weighted by atomic mass is 10.2. The summed E-state index contributed by atoms with van der Waals surface area (Å²) in [7, 11) is 0. The van der Waals surface area contributed by atoms with Gasteiger partial charge < -0.3 is 0 Å². The van der Waals surface area contributed by atoms with E-state index in [1.165, 1.54) is 6.92 Å². The fourth-order valence-corrected chi connectivity index (χ4v) is 1.45. The molecule has 5 heteroatoms. The van der Waals surface area contributed by atoms with Gasteiger partial charge in [-0.3, -0.25) is 4.79 Å². The first kappa shape index (κ1) is 10.8. The van der Waals surface area contributed by atoms with E-state index in [4.69, 9.17) is 11.6 Å². The summed E-state index contributed by atoms with van der Waals surface area (Å²) in [6, 6.07) is 3.36. The number of hydrogen-bond acceptors (Lipinski definition) is 3. The van der Waals surface area contributed by atoms with Gasteiger partial charge in [-0.25, -0.2) is 9.67 Å². The van der Waals surface area contributed by atoms with Crippen LogP contribution >= 0.6 is 11.6 Å². The molecule has 82 valence electrons. The van der Waals surface area contributed by atoms with Crippen molar-refractivity contribution in [1.29, 1.82) is 0 Å². The van der Waals surface area contributed by atoms with Crippen molar-refractivity contribution in [3.8, 4) is 5.82 Å². The van der Waals surface area contributed by atoms with Crippen LogP contribution in [0.4, 0.5) is 0 Å². The molecule has 0 amide bonds. The maximum absolute atomic E-state index is 11.2. The third-order valence-electron chi connectivity index (χ3n) is 2.23. The molecule has 0 aliphatic heterocycles. The zero-order valence-electron chi connectivity index (χ0n) is 8.94. The van der Waals surface area contributed by atoms with Crippen molar-refractivity contribution in [1.82, 2.24) is 14.8 Å². The van der Waals surface area contributed by atoms with Crippen molar-refractivity contribution < 1.29 is 4.79 Å². The third-order valence-corrected chi connectivity index (χ3v) is 2.60. The summed E-state index contributed by atoms with van der Waals surface area (Å²) in [5, 5.41) is 4.77. The van der Waals surface area contributed by atoms with Gasteiger partial charge in [0.05, 0.1) is 16.9 Å². The molecular formula is C11H10ClN3O. The molecule has 0 N–H and O–H groups in total. The first-order valence-corrected chi connectivity index (χ1v) is 5.15. The molecule has 0 aromatic carbocycles. The highest BCUT2D eigenvalue weighted by atomic mass is 35.5. The SMILES string of the molecule is CC(=O)c1ccnc(-n2cc(Cl)c(C)n2)c1. The van der Waals surface area contributed by atoms with Crippen molar-refractivity contribution in [3.63, 3.8) is 0 Å². The summed E-state index contributed by atoms with van der Waals surface area (Å²) in [6.07, 6.45) is 3.25. The predicted molar refractivity (Wildman–Crippen MR) is 61.1 cm³/mol. The largest absolute Gasteiger partial charge is 0.295 e. The number of halogens is 1. The van der Waals surface area contributed by atoms with Gasteiger partial charge in [0.15, 0.2) is 11.6 Å². The minimum Gasteiger partial charge on any atom is -0.295 e. The van der Waals surface area contributed by atoms with Crippen LogP contribution in [0.2, 0.25) is 5.02 Å². The lowest BCUT2D eigenvalue weighted by Crippen LogP contribution is -2.01. The van der Waals surface area contributed by atoms with Crippen LogP contribution in [0.15, 0.2) is 24.5 Å². The number of aryl methyl sites for hydroxylation is 1. The standard InChI is InChI=1S/C11H10ClN3O/c1-7-10(12)6-15(14-7)11-5-9(8(2)16)3-4-13-11/h3-6H,1-2H3. The third kappa shape index (κ3) is 1.97. The van der Waals surface area contributed by atoms with Crippen LogP contribution < -0.4 is 0 Å². The molecule has 0 bridgehead atoms. The van der Waals surface area contributed by atoms with Crippen LogP contribution in [-0.4, -0.2) is 20.5 Å². The summed E-state index contributed by atoms with van der Waals surface area (Å²) in [6.45, 7) is 3.33. The highest BCUT2D eigenvalue weighted by Crippen LogP contribution is 2.15. The van der Waals surface area contributed by atoms with Gasteiger partial charge in [-0.1, -0.05) is 11.6 Å². The molecule has 0 saturated heterocycles. The number of carbonyl (C=O) groups is 1. The Bertz CT molecular complexity index is 528. The average Bonchev–Trinajstić information content (AvgIpc) is 2.59. The van der Waals surface area contributed by atoms with Crippen LogP contribution in [0.1, 0.15) is 23.0 Å². The van der Waals surface area contributed by atoms with E-state index < -0.39 is 0 Å². The van der Waals surface area contributed by atoms with Crippen molar-refractivity contribution in [2.75, 3.05) is 0 Å². The fraction of sp³-hybridized carbons (Fsp3) is 0.182. The number of rotatable bonds is 2. The van der Waals surface area contributed by atoms with E-state index >= 15 is 0 Å². The molecule has 16 heavy (non-hydrogen) atoms. The minimum atomic E-state index is -0.00127. The molecule has 0 aliphatic rings. The van der Waals surface area contributed by atoms with Gasteiger partial charge in [0, 0.05) is 11.8 Å². The Morgan fingerprint density at radius 2 is 2.25 bits per heavy atom. The van der Waals surface area contributed by atoms with Gasteiger partial charge in [0.1, 0.15) is 0 Å². The van der Waals surface area contributed by atoms with Gasteiger partial charge in [-0.2, -0.15) is 5.10 Å². The van der Waals surface area contributed by atoms with Crippen LogP contribution in [-0.2, 0) is 0 Å². The second kappa shape index (κ2) is 4.06. The van der Waals surface area contributed by atoms with Gasteiger partial charge in [0.25, 0.3) is 0 Å². The molecule has 2 aromatic rings. The molecule has 4 nitrogen and oxygen atoms in total. The predicted octanol–water partition coefficient (Wildman–Crippen LogP) is 2.43. The van der Waals surface area contributed by atoms with Gasteiger partial charge in [0.2, 0.25) is 0 Å². The lowest BCUT2D eigenvalue weighted by Gasteiger charge is -2.01. The molecule has 0 atom stereocenters. The Labute approximate surface area is 97.9 Å². The zero-order valence-corrected chi connectivity index (χ0v) is 9.69. The first-order chi connectivity index (χ1) is 7.58. The maximum Gasteiger partial charge on any atom is 0.159 e. The topological polar surface area (TPSA) is 47.8 Å². The lowest BCUT2D eigenvalue weighted by molar-refractivity contribution is 0.101. The van der Waals surface area contributed by atoms with Gasteiger partial charge >= 0.3 is 0 Å². The molecule has 0 aliphatic carbocycles. The number of aromatic nitrogens is 3. The Balaban J connectivity index is 2.48. The van der Waals surface area contributed by atoms with Crippen molar-refractivity contribution in [3.05, 3.63) is 40.8 Å². The Morgan fingerprint density at radius 3 is 2.81 bits per heavy atom. The molecule has 0 unspecified atom stereocenters. The molecule has 0 spiro atoms. The highest BCUT2D eigenvalue weighted by Gasteiger charge is 2.07. The number of hydrogen-bond donors (Lipinski definition) is 0. The summed E-state index contributed by atoms with van der Waals surface area (Å²) < 4.78 is 1.56. The Hall–Kier alpha value is -1.68.